The van der Waals surface area contributed by atoms with E-state index in [0.717, 1.165) is 0 Å². The van der Waals surface area contributed by atoms with E-state index < -0.39 is 46.4 Å². The van der Waals surface area contributed by atoms with Gasteiger partial charge in [0.15, 0.2) is 0 Å². The number of nitrogens with two attached hydrogens (primary N) is 12. The zero-order valence-electron chi connectivity index (χ0n) is 14.9. The van der Waals surface area contributed by atoms with Crippen LogP contribution in [0, 0.1) is 10.2 Å². The summed E-state index contributed by atoms with van der Waals surface area (Å²) in [5, 5.41) is 0. The molecule has 0 aromatic carbocycles. The van der Waals surface area contributed by atoms with Gasteiger partial charge in [0.1, 0.15) is 0 Å². The summed E-state index contributed by atoms with van der Waals surface area (Å²) in [6.45, 7) is 0. The summed E-state index contributed by atoms with van der Waals surface area (Å²) in [6, 6.07) is -5.00. The van der Waals surface area contributed by atoms with E-state index in [1.807, 2.05) is 0 Å². The van der Waals surface area contributed by atoms with Gasteiger partial charge in [0.2, 0.25) is 0 Å². The van der Waals surface area contributed by atoms with Crippen molar-refractivity contribution in [3.63, 3.8) is 0 Å². The van der Waals surface area contributed by atoms with E-state index in [2.05, 4.69) is 68.8 Å². The summed E-state index contributed by atoms with van der Waals surface area (Å²) in [6.07, 6.45) is 0. The first-order chi connectivity index (χ1) is 12.4. The van der Waals surface area contributed by atoms with Crippen molar-refractivity contribution in [2.24, 2.45) is 68.8 Å². The number of primary amides is 12. The van der Waals surface area contributed by atoms with Crippen LogP contribution in [0.15, 0.2) is 0 Å². The summed E-state index contributed by atoms with van der Waals surface area (Å²) in [5.41, 5.74) is 51.0. The molecular formula is C6H25ClN12O10Ti+3. The fourth-order valence-corrected chi connectivity index (χ4v) is 0. The Morgan fingerprint density at radius 3 is 0.433 bits per heavy atom. The van der Waals surface area contributed by atoms with Crippen LogP contribution in [0.4, 0.5) is 28.8 Å². The third-order valence-corrected chi connectivity index (χ3v) is 0. The molecule has 30 heavy (non-hydrogen) atoms. The molecule has 0 bridgehead atoms. The Hall–Kier alpha value is -3.54. The topological polar surface area (TPSA) is 504 Å². The molecule has 0 unspecified atom stereocenters. The van der Waals surface area contributed by atoms with Crippen LogP contribution in [0.1, 0.15) is 0 Å². The molecule has 0 aromatic heterocycles. The number of carbonyl (C=O) groups is 6. The second kappa shape index (κ2) is 36.4. The molecule has 0 saturated heterocycles. The van der Waals surface area contributed by atoms with Crippen LogP contribution in [-0.4, -0.2) is 40.8 Å². The van der Waals surface area contributed by atoms with E-state index in [-0.39, 0.29) is 21.7 Å². The molecule has 24 heteroatoms. The first kappa shape index (κ1) is 50.3. The van der Waals surface area contributed by atoms with E-state index in [4.69, 9.17) is 47.4 Å². The Labute approximate surface area is 184 Å². The third kappa shape index (κ3) is 1080. The molecular weight excluding hydrogens is 483 g/mol. The number of hydrogen-bond donors (Lipinski definition) is 13. The van der Waals surface area contributed by atoms with Gasteiger partial charge in [0, 0.05) is 0 Å². The van der Waals surface area contributed by atoms with Gasteiger partial charge in [-0.1, -0.05) is 0 Å². The molecule has 25 N–H and O–H groups in total. The zero-order chi connectivity index (χ0) is 26.0. The summed E-state index contributed by atoms with van der Waals surface area (Å²) in [7, 11) is -4.69. The van der Waals surface area contributed by atoms with Crippen molar-refractivity contribution in [1.29, 1.82) is 0 Å². The van der Waals surface area contributed by atoms with Crippen molar-refractivity contribution < 1.29 is 79.4 Å². The van der Waals surface area contributed by atoms with Crippen LogP contribution in [0.3, 0.4) is 0 Å². The monoisotopic (exact) mass is 508 g/mol. The van der Waals surface area contributed by atoms with E-state index in [1.165, 1.54) is 0 Å². The number of halogens is 1. The SMILES string of the molecule is NC(N)=O.NC(N)=O.NC(N)=O.NC(N)=O.NC(N)=O.NC(N)=O.[O-][Cl+3]([O-])([O-])O.[Ti+3]. The third-order valence-electron chi connectivity index (χ3n) is 0. The average molecular weight is 509 g/mol. The normalized spacial score (nSPS) is 6.80. The first-order valence-electron chi connectivity index (χ1n) is 5.32. The molecule has 0 rings (SSSR count). The van der Waals surface area contributed by atoms with E-state index in [1.54, 1.807) is 0 Å². The fourth-order valence-electron chi connectivity index (χ4n) is 0. The van der Waals surface area contributed by atoms with Crippen LogP contribution < -0.4 is 82.8 Å². The van der Waals surface area contributed by atoms with Gasteiger partial charge in [-0.2, -0.15) is 14.0 Å². The summed E-state index contributed by atoms with van der Waals surface area (Å²) >= 11 is 0. The van der Waals surface area contributed by atoms with Crippen LogP contribution in [0.5, 0.6) is 0 Å². The maximum Gasteiger partial charge on any atom is 3.00 e. The van der Waals surface area contributed by atoms with Gasteiger partial charge >= 0.3 is 57.9 Å². The van der Waals surface area contributed by atoms with E-state index in [9.17, 15) is 0 Å². The Kier molecular flexibility index (Phi) is 61.1. The Balaban J connectivity index is -0.0000000313. The molecule has 177 valence electrons. The fraction of sp³-hybridized carbons (Fsp3) is 0. The van der Waals surface area contributed by atoms with Gasteiger partial charge in [0.05, 0.1) is 14.9 Å². The molecule has 0 aliphatic rings. The summed E-state index contributed by atoms with van der Waals surface area (Å²) < 4.78 is 32.7. The van der Waals surface area contributed by atoms with Crippen LogP contribution in [0.2, 0.25) is 0 Å². The summed E-state index contributed by atoms with van der Waals surface area (Å²) in [4.78, 5) is 54.0. The predicted molar refractivity (Wildman–Crippen MR) is 84.8 cm³/mol. The van der Waals surface area contributed by atoms with E-state index in [0.29, 0.717) is 0 Å². The minimum Gasteiger partial charge on any atom is -0.352 e. The van der Waals surface area contributed by atoms with Crippen molar-refractivity contribution in [2.45, 2.75) is 0 Å². The number of rotatable bonds is 0. The van der Waals surface area contributed by atoms with Gasteiger partial charge in [0.25, 0.3) is 0 Å². The van der Waals surface area contributed by atoms with Crippen molar-refractivity contribution in [2.75, 3.05) is 0 Å². The van der Waals surface area contributed by atoms with Crippen LogP contribution in [-0.2, 0) is 21.7 Å². The largest absolute Gasteiger partial charge is 3.00 e. The molecule has 0 aliphatic heterocycles. The second-order valence-corrected chi connectivity index (χ2v) is 3.60. The molecule has 0 heterocycles. The molecule has 0 aliphatic carbocycles. The van der Waals surface area contributed by atoms with Gasteiger partial charge in [-0.3, -0.25) is 0 Å². The minimum atomic E-state index is -4.69. The molecule has 1 radical (unpaired) electrons. The smallest absolute Gasteiger partial charge is 0.352 e. The Bertz CT molecular complexity index is 352. The molecule has 0 fully saturated rings. The standard InChI is InChI=1S/6CH4N2O.ClHO4.Ti/c6*2-1(3)4;2-1(3,4)5;/h6*(H4,2,3,4);(H,2,3,4,5);/q;;;;;;;+3. The van der Waals surface area contributed by atoms with Crippen LogP contribution in [0.25, 0.3) is 0 Å². The molecule has 0 saturated carbocycles. The number of hydrogen-bond acceptors (Lipinski definition) is 10. The molecule has 0 spiro atoms. The average Bonchev–Trinajstić information content (AvgIpc) is 2.18. The van der Waals surface area contributed by atoms with Gasteiger partial charge < -0.3 is 68.8 Å². The van der Waals surface area contributed by atoms with Crippen molar-refractivity contribution >= 4 is 36.2 Å². The molecule has 22 nitrogen and oxygen atoms in total. The van der Waals surface area contributed by atoms with Crippen molar-refractivity contribution in [3.8, 4) is 0 Å². The van der Waals surface area contributed by atoms with Gasteiger partial charge in [-0.15, -0.1) is 0 Å². The number of urea groups is 6. The van der Waals surface area contributed by atoms with Gasteiger partial charge in [-0.25, -0.2) is 28.8 Å². The van der Waals surface area contributed by atoms with Crippen molar-refractivity contribution in [3.05, 3.63) is 0 Å². The maximum atomic E-state index is 9.00. The first-order valence-corrected chi connectivity index (χ1v) is 6.58. The van der Waals surface area contributed by atoms with Gasteiger partial charge in [-0.05, 0) is 0 Å². The molecule has 12 amide bonds. The zero-order valence-corrected chi connectivity index (χ0v) is 17.2. The van der Waals surface area contributed by atoms with Crippen LogP contribution >= 0.6 is 0 Å². The maximum absolute atomic E-state index is 9.00. The van der Waals surface area contributed by atoms with Crippen molar-refractivity contribution in [1.82, 2.24) is 0 Å². The molecule has 0 aromatic rings. The Morgan fingerprint density at radius 2 is 0.433 bits per heavy atom. The number of amides is 12. The minimum absolute atomic E-state index is 0. The quantitative estimate of drug-likeness (QED) is 0.137. The van der Waals surface area contributed by atoms with E-state index >= 15 is 0 Å². The second-order valence-electron chi connectivity index (χ2n) is 2.81. The Morgan fingerprint density at radius 1 is 0.433 bits per heavy atom. The summed E-state index contributed by atoms with van der Waals surface area (Å²) in [5.74, 6) is 0. The number of carbonyl (C=O) groups excluding carboxylic acids is 6. The molecule has 0 atom stereocenters. The predicted octanol–water partition coefficient (Wildman–Crippen LogP) is -9.98.